The third-order valence-corrected chi connectivity index (χ3v) is 3.00. The molecule has 2 N–H and O–H groups in total. The van der Waals surface area contributed by atoms with Crippen molar-refractivity contribution in [1.29, 1.82) is 0 Å². The molecule has 0 heterocycles. The maximum Gasteiger partial charge on any atom is 0.227 e. The van der Waals surface area contributed by atoms with E-state index in [9.17, 15) is 4.79 Å². The fourth-order valence-corrected chi connectivity index (χ4v) is 1.33. The number of amides is 1. The molecule has 0 spiro atoms. The molecule has 0 aliphatic carbocycles. The van der Waals surface area contributed by atoms with E-state index < -0.39 is 11.3 Å². The molecule has 1 amide bonds. The highest BCUT2D eigenvalue weighted by Gasteiger charge is 2.27. The molecule has 1 aromatic carbocycles. The monoisotopic (exact) mass is 267 g/mol. The van der Waals surface area contributed by atoms with Crippen LogP contribution in [0.25, 0.3) is 0 Å². The van der Waals surface area contributed by atoms with Crippen LogP contribution < -0.4 is 5.73 Å². The first-order valence-corrected chi connectivity index (χ1v) is 4.86. The van der Waals surface area contributed by atoms with E-state index in [1.807, 2.05) is 0 Å². The molecule has 2 nitrogen and oxygen atoms in total. The van der Waals surface area contributed by atoms with Gasteiger partial charge >= 0.3 is 0 Å². The van der Waals surface area contributed by atoms with Crippen molar-refractivity contribution >= 4 is 41.5 Å². The summed E-state index contributed by atoms with van der Waals surface area (Å²) in [6, 6.07) is 5.07. The van der Waals surface area contributed by atoms with Crippen LogP contribution in [0.5, 0.6) is 0 Å². The molecule has 0 unspecified atom stereocenters. The Balaban J connectivity index is 0.00000196. The molecule has 1 rings (SSSR count). The molecule has 0 aliphatic rings. The van der Waals surface area contributed by atoms with Crippen LogP contribution in [0.3, 0.4) is 0 Å². The normalized spacial score (nSPS) is 10.7. The number of carbonyl (C=O) groups excluding carboxylic acids is 1. The number of carbonyl (C=O) groups is 1. The Morgan fingerprint density at radius 3 is 2.20 bits per heavy atom. The van der Waals surface area contributed by atoms with Crippen molar-refractivity contribution in [2.24, 2.45) is 5.73 Å². The zero-order chi connectivity index (χ0) is 10.9. The lowest BCUT2D eigenvalue weighted by Gasteiger charge is -2.21. The fraction of sp³-hybridized carbons (Fsp3) is 0.300. The number of hydrogen-bond acceptors (Lipinski definition) is 1. The van der Waals surface area contributed by atoms with E-state index in [0.717, 1.165) is 5.56 Å². The standard InChI is InChI=1S/C10H11Cl2NO.ClH/c1-10(2,9(13)14)6-3-4-7(11)8(12)5-6;/h3-5H,1-2H3,(H2,13,14);1H. The van der Waals surface area contributed by atoms with Gasteiger partial charge in [-0.2, -0.15) is 0 Å². The van der Waals surface area contributed by atoms with E-state index >= 15 is 0 Å². The minimum Gasteiger partial charge on any atom is -0.369 e. The van der Waals surface area contributed by atoms with Crippen LogP contribution in [-0.2, 0) is 10.2 Å². The Morgan fingerprint density at radius 2 is 1.80 bits per heavy atom. The van der Waals surface area contributed by atoms with E-state index in [0.29, 0.717) is 10.0 Å². The van der Waals surface area contributed by atoms with Crippen molar-refractivity contribution in [3.8, 4) is 0 Å². The smallest absolute Gasteiger partial charge is 0.227 e. The quantitative estimate of drug-likeness (QED) is 0.879. The van der Waals surface area contributed by atoms with Crippen molar-refractivity contribution in [2.45, 2.75) is 19.3 Å². The second-order valence-corrected chi connectivity index (χ2v) is 4.43. The largest absolute Gasteiger partial charge is 0.369 e. The van der Waals surface area contributed by atoms with Gasteiger partial charge in [0.1, 0.15) is 0 Å². The molecule has 0 aromatic heterocycles. The average Bonchev–Trinajstić information content (AvgIpc) is 2.09. The van der Waals surface area contributed by atoms with Gasteiger partial charge < -0.3 is 5.73 Å². The van der Waals surface area contributed by atoms with Crippen LogP contribution in [0.4, 0.5) is 0 Å². The highest BCUT2D eigenvalue weighted by atomic mass is 35.5. The van der Waals surface area contributed by atoms with E-state index in [4.69, 9.17) is 28.9 Å². The van der Waals surface area contributed by atoms with Gasteiger partial charge in [0.15, 0.2) is 0 Å². The highest BCUT2D eigenvalue weighted by Crippen LogP contribution is 2.29. The van der Waals surface area contributed by atoms with Crippen molar-refractivity contribution in [3.05, 3.63) is 33.8 Å². The van der Waals surface area contributed by atoms with E-state index in [-0.39, 0.29) is 12.4 Å². The topological polar surface area (TPSA) is 43.1 Å². The predicted molar refractivity (Wildman–Crippen MR) is 65.9 cm³/mol. The van der Waals surface area contributed by atoms with Crippen LogP contribution in [0.1, 0.15) is 19.4 Å². The second-order valence-electron chi connectivity index (χ2n) is 3.62. The maximum atomic E-state index is 11.2. The maximum absolute atomic E-state index is 11.2. The Hall–Kier alpha value is -0.440. The first kappa shape index (κ1) is 14.6. The lowest BCUT2D eigenvalue weighted by Crippen LogP contribution is -2.35. The van der Waals surface area contributed by atoms with Crippen molar-refractivity contribution in [3.63, 3.8) is 0 Å². The molecule has 15 heavy (non-hydrogen) atoms. The van der Waals surface area contributed by atoms with Crippen LogP contribution in [-0.4, -0.2) is 5.91 Å². The van der Waals surface area contributed by atoms with Crippen LogP contribution in [0, 0.1) is 0 Å². The van der Waals surface area contributed by atoms with Gasteiger partial charge in [0.05, 0.1) is 15.5 Å². The van der Waals surface area contributed by atoms with Crippen LogP contribution in [0.15, 0.2) is 18.2 Å². The zero-order valence-electron chi connectivity index (χ0n) is 8.38. The molecule has 0 bridgehead atoms. The van der Waals surface area contributed by atoms with Gasteiger partial charge in [-0.25, -0.2) is 0 Å². The summed E-state index contributed by atoms with van der Waals surface area (Å²) in [5.74, 6) is -0.393. The fourth-order valence-electron chi connectivity index (χ4n) is 1.03. The summed E-state index contributed by atoms with van der Waals surface area (Å²) in [5, 5.41) is 0.897. The minimum absolute atomic E-state index is 0. The van der Waals surface area contributed by atoms with Crippen molar-refractivity contribution in [2.75, 3.05) is 0 Å². The van der Waals surface area contributed by atoms with Gasteiger partial charge in [0.2, 0.25) is 5.91 Å². The van der Waals surface area contributed by atoms with E-state index in [1.54, 1.807) is 32.0 Å². The van der Waals surface area contributed by atoms with Crippen LogP contribution >= 0.6 is 35.6 Å². The Kier molecular flexibility index (Phi) is 4.91. The Labute approximate surface area is 105 Å². The molecule has 0 saturated carbocycles. The lowest BCUT2D eigenvalue weighted by molar-refractivity contribution is -0.122. The summed E-state index contributed by atoms with van der Waals surface area (Å²) in [6.07, 6.45) is 0. The first-order chi connectivity index (χ1) is 6.35. The van der Waals surface area contributed by atoms with Gasteiger partial charge in [-0.15, -0.1) is 12.4 Å². The lowest BCUT2D eigenvalue weighted by atomic mass is 9.84. The molecule has 0 fully saturated rings. The molecule has 0 radical (unpaired) electrons. The number of hydrogen-bond donors (Lipinski definition) is 1. The predicted octanol–water partition coefficient (Wildman–Crippen LogP) is 3.18. The summed E-state index contributed by atoms with van der Waals surface area (Å²) >= 11 is 11.6. The molecular weight excluding hydrogens is 256 g/mol. The highest BCUT2D eigenvalue weighted by molar-refractivity contribution is 6.42. The molecule has 0 saturated heterocycles. The molecule has 5 heteroatoms. The van der Waals surface area contributed by atoms with Gasteiger partial charge in [0.25, 0.3) is 0 Å². The van der Waals surface area contributed by atoms with Crippen molar-refractivity contribution < 1.29 is 4.79 Å². The molecule has 1 aromatic rings. The Morgan fingerprint density at radius 1 is 1.27 bits per heavy atom. The summed E-state index contributed by atoms with van der Waals surface area (Å²) < 4.78 is 0. The number of nitrogens with two attached hydrogens (primary N) is 1. The summed E-state index contributed by atoms with van der Waals surface area (Å²) in [7, 11) is 0. The SMILES string of the molecule is CC(C)(C(N)=O)c1ccc(Cl)c(Cl)c1.Cl. The van der Waals surface area contributed by atoms with E-state index in [1.165, 1.54) is 0 Å². The van der Waals surface area contributed by atoms with Gasteiger partial charge in [0, 0.05) is 0 Å². The summed E-state index contributed by atoms with van der Waals surface area (Å²) in [4.78, 5) is 11.2. The Bertz CT molecular complexity index is 377. The number of benzene rings is 1. The second kappa shape index (κ2) is 5.06. The van der Waals surface area contributed by atoms with Gasteiger partial charge in [-0.3, -0.25) is 4.79 Å². The minimum atomic E-state index is -0.728. The number of rotatable bonds is 2. The summed E-state index contributed by atoms with van der Waals surface area (Å²) in [6.45, 7) is 3.49. The third-order valence-electron chi connectivity index (χ3n) is 2.26. The summed E-state index contributed by atoms with van der Waals surface area (Å²) in [5.41, 5.74) is 5.31. The molecule has 0 aliphatic heterocycles. The number of primary amides is 1. The molecular formula is C10H12Cl3NO. The van der Waals surface area contributed by atoms with Crippen LogP contribution in [0.2, 0.25) is 10.0 Å². The van der Waals surface area contributed by atoms with Gasteiger partial charge in [-0.05, 0) is 31.5 Å². The van der Waals surface area contributed by atoms with Crippen molar-refractivity contribution in [1.82, 2.24) is 0 Å². The number of halogens is 3. The molecule has 84 valence electrons. The zero-order valence-corrected chi connectivity index (χ0v) is 10.7. The first-order valence-electron chi connectivity index (χ1n) is 4.11. The van der Waals surface area contributed by atoms with Gasteiger partial charge in [-0.1, -0.05) is 29.3 Å². The van der Waals surface area contributed by atoms with E-state index in [2.05, 4.69) is 0 Å². The third kappa shape index (κ3) is 3.00. The average molecular weight is 269 g/mol. The molecule has 0 atom stereocenters.